The molecule has 1 heterocycles. The Kier molecular flexibility index (Phi) is 6.01. The summed E-state index contributed by atoms with van der Waals surface area (Å²) in [5, 5.41) is 10.0. The Bertz CT molecular complexity index is 1080. The van der Waals surface area contributed by atoms with Gasteiger partial charge in [-0.3, -0.25) is 9.59 Å². The maximum absolute atomic E-state index is 13.3. The number of carbonyl (C=O) groups excluding carboxylic acids is 2. The minimum atomic E-state index is -0.521. The summed E-state index contributed by atoms with van der Waals surface area (Å²) in [4.78, 5) is 24.6. The van der Waals surface area contributed by atoms with E-state index in [-0.39, 0.29) is 17.5 Å². The highest BCUT2D eigenvalue weighted by Crippen LogP contribution is 2.27. The fraction of sp³-hybridized carbons (Fsp3) is 0.261. The van der Waals surface area contributed by atoms with Crippen molar-refractivity contribution < 1.29 is 14.0 Å². The van der Waals surface area contributed by atoms with Crippen LogP contribution in [0.5, 0.6) is 0 Å². The van der Waals surface area contributed by atoms with E-state index in [4.69, 9.17) is 5.10 Å². The van der Waals surface area contributed by atoms with E-state index in [1.807, 2.05) is 58.0 Å². The number of aromatic nitrogens is 2. The third kappa shape index (κ3) is 4.92. The van der Waals surface area contributed by atoms with Gasteiger partial charge in [0.1, 0.15) is 11.6 Å². The first-order valence-corrected chi connectivity index (χ1v) is 9.65. The summed E-state index contributed by atoms with van der Waals surface area (Å²) in [6.45, 7) is 7.85. The molecule has 0 bridgehead atoms. The average Bonchev–Trinajstić information content (AvgIpc) is 3.10. The largest absolute Gasteiger partial charge is 0.343 e. The number of amides is 2. The third-order valence-electron chi connectivity index (χ3n) is 4.59. The molecule has 7 heteroatoms. The second kappa shape index (κ2) is 8.49. The van der Waals surface area contributed by atoms with Crippen LogP contribution in [0.2, 0.25) is 0 Å². The van der Waals surface area contributed by atoms with Crippen LogP contribution in [0.1, 0.15) is 42.4 Å². The summed E-state index contributed by atoms with van der Waals surface area (Å²) < 4.78 is 15.0. The van der Waals surface area contributed by atoms with Crippen LogP contribution < -0.4 is 10.6 Å². The van der Waals surface area contributed by atoms with E-state index in [1.165, 1.54) is 18.2 Å². The zero-order valence-corrected chi connectivity index (χ0v) is 17.5. The van der Waals surface area contributed by atoms with Gasteiger partial charge in [0.2, 0.25) is 5.91 Å². The first-order chi connectivity index (χ1) is 14.1. The van der Waals surface area contributed by atoms with Gasteiger partial charge in [0, 0.05) is 17.0 Å². The van der Waals surface area contributed by atoms with Crippen molar-refractivity contribution in [2.24, 2.45) is 0 Å². The van der Waals surface area contributed by atoms with Crippen LogP contribution in [-0.4, -0.2) is 28.1 Å². The van der Waals surface area contributed by atoms with Gasteiger partial charge >= 0.3 is 0 Å². The van der Waals surface area contributed by atoms with Gasteiger partial charge in [0.05, 0.1) is 17.9 Å². The van der Waals surface area contributed by atoms with Crippen LogP contribution in [0.3, 0.4) is 0 Å². The van der Waals surface area contributed by atoms with Gasteiger partial charge in [-0.1, -0.05) is 45.0 Å². The number of anilines is 1. The molecule has 0 aliphatic rings. The highest BCUT2D eigenvalue weighted by molar-refractivity contribution is 5.99. The van der Waals surface area contributed by atoms with Crippen molar-refractivity contribution >= 4 is 17.6 Å². The van der Waals surface area contributed by atoms with Crippen molar-refractivity contribution in [1.29, 1.82) is 0 Å². The smallest absolute Gasteiger partial charge is 0.251 e. The van der Waals surface area contributed by atoms with E-state index in [0.717, 1.165) is 23.0 Å². The molecule has 0 unspecified atom stereocenters. The molecule has 2 amide bonds. The highest BCUT2D eigenvalue weighted by atomic mass is 19.1. The zero-order chi connectivity index (χ0) is 21.9. The molecule has 3 rings (SSSR count). The van der Waals surface area contributed by atoms with Gasteiger partial charge in [0.15, 0.2) is 0 Å². The molecule has 0 saturated carbocycles. The quantitative estimate of drug-likeness (QED) is 0.670. The van der Waals surface area contributed by atoms with Crippen LogP contribution in [-0.2, 0) is 10.2 Å². The molecule has 0 radical (unpaired) electrons. The van der Waals surface area contributed by atoms with E-state index in [9.17, 15) is 14.0 Å². The van der Waals surface area contributed by atoms with Gasteiger partial charge in [-0.2, -0.15) is 5.10 Å². The van der Waals surface area contributed by atoms with Gasteiger partial charge in [-0.15, -0.1) is 0 Å². The van der Waals surface area contributed by atoms with Gasteiger partial charge < -0.3 is 10.6 Å². The number of nitrogens with one attached hydrogen (secondary N) is 2. The zero-order valence-electron chi connectivity index (χ0n) is 17.5. The molecule has 2 N–H and O–H groups in total. The Hall–Kier alpha value is -3.48. The second-order valence-corrected chi connectivity index (χ2v) is 8.10. The summed E-state index contributed by atoms with van der Waals surface area (Å²) in [5.74, 6) is -0.925. The number of rotatable bonds is 5. The third-order valence-corrected chi connectivity index (χ3v) is 4.59. The second-order valence-electron chi connectivity index (χ2n) is 8.10. The van der Waals surface area contributed by atoms with Gasteiger partial charge in [0.25, 0.3) is 5.91 Å². The topological polar surface area (TPSA) is 76.0 Å². The van der Waals surface area contributed by atoms with Crippen molar-refractivity contribution in [3.05, 3.63) is 77.2 Å². The molecule has 2 aromatic carbocycles. The van der Waals surface area contributed by atoms with Crippen molar-refractivity contribution in [2.45, 2.75) is 33.1 Å². The molecular formula is C23H25FN4O2. The van der Waals surface area contributed by atoms with E-state index in [1.54, 1.807) is 4.68 Å². The average molecular weight is 408 g/mol. The van der Waals surface area contributed by atoms with E-state index in [2.05, 4.69) is 10.6 Å². The number of benzene rings is 2. The van der Waals surface area contributed by atoms with Crippen LogP contribution in [0.15, 0.2) is 54.6 Å². The van der Waals surface area contributed by atoms with Crippen molar-refractivity contribution in [1.82, 2.24) is 15.1 Å². The van der Waals surface area contributed by atoms with Crippen LogP contribution >= 0.6 is 0 Å². The van der Waals surface area contributed by atoms with Gasteiger partial charge in [-0.05, 0) is 36.8 Å². The lowest BCUT2D eigenvalue weighted by Crippen LogP contribution is -2.33. The number of hydrogen-bond donors (Lipinski definition) is 2. The number of aryl methyl sites for hydroxylation is 1. The molecule has 0 atom stereocenters. The van der Waals surface area contributed by atoms with E-state index in [0.29, 0.717) is 5.82 Å². The fourth-order valence-corrected chi connectivity index (χ4v) is 2.90. The first-order valence-electron chi connectivity index (χ1n) is 9.65. The molecule has 1 aromatic heterocycles. The normalized spacial score (nSPS) is 11.2. The summed E-state index contributed by atoms with van der Waals surface area (Å²) in [7, 11) is 0. The Morgan fingerprint density at radius 3 is 2.47 bits per heavy atom. The summed E-state index contributed by atoms with van der Waals surface area (Å²) in [6.07, 6.45) is 0. The monoisotopic (exact) mass is 408 g/mol. The van der Waals surface area contributed by atoms with Crippen molar-refractivity contribution in [3.63, 3.8) is 0 Å². The van der Waals surface area contributed by atoms with Crippen LogP contribution in [0.4, 0.5) is 10.2 Å². The molecule has 0 aliphatic carbocycles. The maximum Gasteiger partial charge on any atom is 0.251 e. The Labute approximate surface area is 175 Å². The summed E-state index contributed by atoms with van der Waals surface area (Å²) >= 11 is 0. The predicted octanol–water partition coefficient (Wildman–Crippen LogP) is 3.99. The minimum absolute atomic E-state index is 0.155. The minimum Gasteiger partial charge on any atom is -0.343 e. The number of halogens is 1. The standard InChI is InChI=1S/C23H25FN4O2/c1-15-8-5-6-11-18(15)28-20(13-19(27-28)23(2,3)4)26-21(29)14-25-22(30)16-9-7-10-17(24)12-16/h5-13H,14H2,1-4H3,(H,25,30)(H,26,29). The van der Waals surface area contributed by atoms with Crippen molar-refractivity contribution in [3.8, 4) is 5.69 Å². The van der Waals surface area contributed by atoms with Gasteiger partial charge in [-0.25, -0.2) is 9.07 Å². The van der Waals surface area contributed by atoms with Crippen molar-refractivity contribution in [2.75, 3.05) is 11.9 Å². The molecule has 0 spiro atoms. The molecule has 0 aliphatic heterocycles. The lowest BCUT2D eigenvalue weighted by Gasteiger charge is -2.14. The van der Waals surface area contributed by atoms with E-state index < -0.39 is 17.6 Å². The Morgan fingerprint density at radius 1 is 1.07 bits per heavy atom. The summed E-state index contributed by atoms with van der Waals surface area (Å²) in [6, 6.07) is 14.9. The SMILES string of the molecule is Cc1ccccc1-n1nc(C(C)(C)C)cc1NC(=O)CNC(=O)c1cccc(F)c1. The molecule has 156 valence electrons. The number of para-hydroxylation sites is 1. The molecule has 3 aromatic rings. The fourth-order valence-electron chi connectivity index (χ4n) is 2.90. The molecule has 6 nitrogen and oxygen atoms in total. The summed E-state index contributed by atoms with van der Waals surface area (Å²) in [5.41, 5.74) is 2.63. The lowest BCUT2D eigenvalue weighted by atomic mass is 9.92. The number of nitrogens with zero attached hydrogens (tertiary/aromatic N) is 2. The Balaban J connectivity index is 1.78. The predicted molar refractivity (Wildman–Crippen MR) is 114 cm³/mol. The lowest BCUT2D eigenvalue weighted by molar-refractivity contribution is -0.115. The molecule has 0 saturated heterocycles. The molecule has 0 fully saturated rings. The Morgan fingerprint density at radius 2 is 1.80 bits per heavy atom. The number of carbonyl (C=O) groups is 2. The van der Waals surface area contributed by atoms with E-state index >= 15 is 0 Å². The highest BCUT2D eigenvalue weighted by Gasteiger charge is 2.22. The maximum atomic E-state index is 13.3. The van der Waals surface area contributed by atoms with Crippen LogP contribution in [0.25, 0.3) is 5.69 Å². The molecule has 30 heavy (non-hydrogen) atoms. The molecular weight excluding hydrogens is 383 g/mol. The first kappa shape index (κ1) is 21.2. The number of hydrogen-bond acceptors (Lipinski definition) is 3. The van der Waals surface area contributed by atoms with Crippen LogP contribution in [0, 0.1) is 12.7 Å².